The first-order valence-electron chi connectivity index (χ1n) is 6.79. The molecule has 120 valence electrons. The molecular weight excluding hydrogens is 328 g/mol. The summed E-state index contributed by atoms with van der Waals surface area (Å²) in [5.41, 5.74) is 8.44. The molecule has 0 unspecified atom stereocenters. The van der Waals surface area contributed by atoms with Crippen molar-refractivity contribution in [3.63, 3.8) is 0 Å². The number of nitrogens with two attached hydrogens (primary N) is 1. The minimum atomic E-state index is -0.381. The van der Waals surface area contributed by atoms with Crippen LogP contribution in [0.25, 0.3) is 10.9 Å². The molecule has 8 nitrogen and oxygen atoms in total. The predicted molar refractivity (Wildman–Crippen MR) is 93.3 cm³/mol. The second kappa shape index (κ2) is 6.02. The van der Waals surface area contributed by atoms with Gasteiger partial charge in [-0.2, -0.15) is 10.4 Å². The molecule has 0 aliphatic carbocycles. The Morgan fingerprint density at radius 2 is 2.25 bits per heavy atom. The normalized spacial score (nSPS) is 11.0. The van der Waals surface area contributed by atoms with E-state index in [-0.39, 0.29) is 27.6 Å². The molecule has 0 saturated heterocycles. The monoisotopic (exact) mass is 340 g/mol. The van der Waals surface area contributed by atoms with Gasteiger partial charge in [-0.25, -0.2) is 4.98 Å². The number of hydrazone groups is 1. The van der Waals surface area contributed by atoms with E-state index in [0.717, 1.165) is 11.3 Å². The summed E-state index contributed by atoms with van der Waals surface area (Å²) in [6, 6.07) is 8.94. The lowest BCUT2D eigenvalue weighted by atomic mass is 10.1. The summed E-state index contributed by atoms with van der Waals surface area (Å²) in [6.07, 6.45) is 1.22. The van der Waals surface area contributed by atoms with E-state index >= 15 is 0 Å². The molecule has 0 radical (unpaired) electrons. The van der Waals surface area contributed by atoms with E-state index < -0.39 is 0 Å². The topological polar surface area (TPSA) is 129 Å². The second-order valence-corrected chi connectivity index (χ2v) is 5.86. The molecule has 9 heteroatoms. The van der Waals surface area contributed by atoms with E-state index in [1.54, 1.807) is 31.3 Å². The van der Waals surface area contributed by atoms with Crippen LogP contribution in [0.1, 0.15) is 10.4 Å². The standard InChI is InChI=1S/C15H12N6O2S/c1-21-10-5-3-2-4-8(10)12(22)9(14(21)23)7-18-20-15-19-13(17)11(6-16)24-15/h2-5,7,22H,17H2,1H3,(H,19,20)/b18-7-. The maximum Gasteiger partial charge on any atom is 0.263 e. The van der Waals surface area contributed by atoms with Crippen LogP contribution in [0.15, 0.2) is 34.2 Å². The van der Waals surface area contributed by atoms with E-state index in [4.69, 9.17) is 11.0 Å². The zero-order chi connectivity index (χ0) is 17.3. The summed E-state index contributed by atoms with van der Waals surface area (Å²) in [5.74, 6) is -0.0275. The zero-order valence-electron chi connectivity index (χ0n) is 12.5. The lowest BCUT2D eigenvalue weighted by Crippen LogP contribution is -2.21. The first kappa shape index (κ1) is 15.5. The molecule has 2 aromatic heterocycles. The highest BCUT2D eigenvalue weighted by Crippen LogP contribution is 2.25. The maximum absolute atomic E-state index is 12.4. The fraction of sp³-hybridized carbons (Fsp3) is 0.0667. The van der Waals surface area contributed by atoms with Crippen molar-refractivity contribution in [2.24, 2.45) is 12.1 Å². The van der Waals surface area contributed by atoms with Crippen LogP contribution in [-0.2, 0) is 7.05 Å². The van der Waals surface area contributed by atoms with E-state index in [1.807, 2.05) is 6.07 Å². The molecule has 2 heterocycles. The van der Waals surface area contributed by atoms with Crippen molar-refractivity contribution in [3.05, 3.63) is 45.1 Å². The third kappa shape index (κ3) is 2.55. The number of para-hydroxylation sites is 1. The smallest absolute Gasteiger partial charge is 0.263 e. The Balaban J connectivity index is 1.98. The minimum Gasteiger partial charge on any atom is -0.506 e. The third-order valence-corrected chi connectivity index (χ3v) is 4.30. The molecule has 0 bridgehead atoms. The molecule has 0 fully saturated rings. The Kier molecular flexibility index (Phi) is 3.89. The van der Waals surface area contributed by atoms with Crippen LogP contribution in [0, 0.1) is 11.3 Å². The third-order valence-electron chi connectivity index (χ3n) is 3.42. The van der Waals surface area contributed by atoms with Crippen molar-refractivity contribution in [1.29, 1.82) is 5.26 Å². The van der Waals surface area contributed by atoms with Gasteiger partial charge >= 0.3 is 0 Å². The highest BCUT2D eigenvalue weighted by Gasteiger charge is 2.13. The number of nitrogen functional groups attached to an aromatic ring is 1. The summed E-state index contributed by atoms with van der Waals surface area (Å²) in [6.45, 7) is 0. The van der Waals surface area contributed by atoms with Gasteiger partial charge in [-0.3, -0.25) is 10.2 Å². The Hall–Kier alpha value is -3.38. The summed E-state index contributed by atoms with van der Waals surface area (Å²) in [5, 5.41) is 23.9. The summed E-state index contributed by atoms with van der Waals surface area (Å²) in [7, 11) is 1.62. The van der Waals surface area contributed by atoms with Gasteiger partial charge in [0, 0.05) is 12.4 Å². The van der Waals surface area contributed by atoms with Gasteiger partial charge < -0.3 is 15.4 Å². The molecule has 0 aliphatic heterocycles. The van der Waals surface area contributed by atoms with Gasteiger partial charge in [-0.15, -0.1) is 0 Å². The number of aryl methyl sites for hydroxylation is 1. The van der Waals surface area contributed by atoms with Gasteiger partial charge in [0.05, 0.1) is 11.7 Å². The van der Waals surface area contributed by atoms with Gasteiger partial charge in [-0.1, -0.05) is 23.5 Å². The van der Waals surface area contributed by atoms with Crippen LogP contribution in [-0.4, -0.2) is 20.9 Å². The van der Waals surface area contributed by atoms with E-state index in [2.05, 4.69) is 15.5 Å². The number of thiazole rings is 1. The lowest BCUT2D eigenvalue weighted by Gasteiger charge is -2.08. The van der Waals surface area contributed by atoms with Crippen LogP contribution in [0.3, 0.4) is 0 Å². The fourth-order valence-electron chi connectivity index (χ4n) is 2.23. The molecule has 0 spiro atoms. The number of hydrogen-bond acceptors (Lipinski definition) is 8. The Labute approximate surface area is 140 Å². The number of pyridine rings is 1. The number of aromatic nitrogens is 2. The number of nitriles is 1. The average molecular weight is 340 g/mol. The lowest BCUT2D eigenvalue weighted by molar-refractivity contribution is 0.478. The van der Waals surface area contributed by atoms with Gasteiger partial charge in [-0.05, 0) is 12.1 Å². The van der Waals surface area contributed by atoms with Crippen molar-refractivity contribution in [1.82, 2.24) is 9.55 Å². The minimum absolute atomic E-state index is 0.0498. The number of benzene rings is 1. The molecule has 1 aromatic carbocycles. The molecule has 0 atom stereocenters. The summed E-state index contributed by atoms with van der Waals surface area (Å²) in [4.78, 5) is 16.6. The molecule has 0 aliphatic rings. The van der Waals surface area contributed by atoms with Crippen LogP contribution in [0.2, 0.25) is 0 Å². The van der Waals surface area contributed by atoms with Crippen molar-refractivity contribution in [2.45, 2.75) is 0 Å². The van der Waals surface area contributed by atoms with Gasteiger partial charge in [0.15, 0.2) is 10.7 Å². The van der Waals surface area contributed by atoms with Crippen LogP contribution in [0.5, 0.6) is 5.75 Å². The number of rotatable bonds is 3. The molecular formula is C15H12N6O2S. The largest absolute Gasteiger partial charge is 0.506 e. The molecule has 3 aromatic rings. The number of anilines is 2. The van der Waals surface area contributed by atoms with E-state index in [0.29, 0.717) is 16.0 Å². The first-order chi connectivity index (χ1) is 11.5. The first-order valence-corrected chi connectivity index (χ1v) is 7.60. The zero-order valence-corrected chi connectivity index (χ0v) is 13.3. The maximum atomic E-state index is 12.4. The second-order valence-electron chi connectivity index (χ2n) is 4.86. The van der Waals surface area contributed by atoms with Gasteiger partial charge in [0.1, 0.15) is 17.4 Å². The number of fused-ring (bicyclic) bond motifs is 1. The number of nitrogens with zero attached hydrogens (tertiary/aromatic N) is 4. The van der Waals surface area contributed by atoms with Crippen LogP contribution >= 0.6 is 11.3 Å². The summed E-state index contributed by atoms with van der Waals surface area (Å²) >= 11 is 1.04. The quantitative estimate of drug-likeness (QED) is 0.490. The highest BCUT2D eigenvalue weighted by atomic mass is 32.1. The Morgan fingerprint density at radius 3 is 2.96 bits per heavy atom. The van der Waals surface area contributed by atoms with Crippen molar-refractivity contribution < 1.29 is 5.11 Å². The van der Waals surface area contributed by atoms with Crippen LogP contribution in [0.4, 0.5) is 10.9 Å². The van der Waals surface area contributed by atoms with Crippen molar-refractivity contribution in [2.75, 3.05) is 11.2 Å². The molecule has 0 saturated carbocycles. The Morgan fingerprint density at radius 1 is 1.50 bits per heavy atom. The number of nitrogens with one attached hydrogen (secondary N) is 1. The van der Waals surface area contributed by atoms with Gasteiger partial charge in [0.2, 0.25) is 5.13 Å². The molecule has 24 heavy (non-hydrogen) atoms. The average Bonchev–Trinajstić information content (AvgIpc) is 2.95. The molecule has 3 rings (SSSR count). The molecule has 0 amide bonds. The Bertz CT molecular complexity index is 1060. The molecule has 4 N–H and O–H groups in total. The van der Waals surface area contributed by atoms with Gasteiger partial charge in [0.25, 0.3) is 5.56 Å². The predicted octanol–water partition coefficient (Wildman–Crippen LogP) is 1.60. The van der Waals surface area contributed by atoms with Crippen molar-refractivity contribution >= 4 is 39.4 Å². The fourth-order valence-corrected chi connectivity index (χ4v) is 2.86. The highest BCUT2D eigenvalue weighted by molar-refractivity contribution is 7.16. The summed E-state index contributed by atoms with van der Waals surface area (Å²) < 4.78 is 1.44. The number of aromatic hydroxyl groups is 1. The van der Waals surface area contributed by atoms with Crippen LogP contribution < -0.4 is 16.7 Å². The SMILES string of the molecule is Cn1c(=O)c(/C=N\Nc2nc(N)c(C#N)s2)c(O)c2ccccc21. The number of hydrogen-bond donors (Lipinski definition) is 3. The van der Waals surface area contributed by atoms with E-state index in [9.17, 15) is 9.90 Å². The van der Waals surface area contributed by atoms with Crippen molar-refractivity contribution in [3.8, 4) is 11.8 Å². The van der Waals surface area contributed by atoms with E-state index in [1.165, 1.54) is 10.8 Å².